The van der Waals surface area contributed by atoms with Gasteiger partial charge in [-0.3, -0.25) is 9.59 Å². The van der Waals surface area contributed by atoms with Gasteiger partial charge in [0, 0.05) is 20.2 Å². The fraction of sp³-hybridized carbons (Fsp3) is 0. The highest BCUT2D eigenvalue weighted by Crippen LogP contribution is 2.18. The number of fused-ring (bicyclic) bond motifs is 1. The number of anilines is 2. The minimum atomic E-state index is -0.293. The molecule has 4 aromatic rings. The molecule has 5 nitrogen and oxygen atoms in total. The second-order valence-electron chi connectivity index (χ2n) is 6.36. The number of para-hydroxylation sites is 1. The van der Waals surface area contributed by atoms with E-state index < -0.39 is 0 Å². The van der Waals surface area contributed by atoms with Crippen LogP contribution in [0.5, 0.6) is 0 Å². The van der Waals surface area contributed by atoms with Crippen molar-refractivity contribution >= 4 is 56.8 Å². The van der Waals surface area contributed by atoms with E-state index in [1.54, 1.807) is 36.4 Å². The topological polar surface area (TPSA) is 71.1 Å². The van der Waals surface area contributed by atoms with Crippen LogP contribution in [0.2, 0.25) is 0 Å². The second kappa shape index (κ2) is 8.40. The molecule has 0 spiro atoms. The summed E-state index contributed by atoms with van der Waals surface area (Å²) in [6.45, 7) is 0. The van der Waals surface area contributed by atoms with Crippen LogP contribution in [0, 0.1) is 3.57 Å². The average Bonchev–Trinajstić information content (AvgIpc) is 2.74. The summed E-state index contributed by atoms with van der Waals surface area (Å²) in [5.74, 6) is -0.0381. The van der Waals surface area contributed by atoms with Crippen LogP contribution in [0.15, 0.2) is 84.9 Å². The quantitative estimate of drug-likeness (QED) is 0.377. The van der Waals surface area contributed by atoms with Crippen LogP contribution < -0.4 is 10.6 Å². The van der Waals surface area contributed by atoms with E-state index in [1.807, 2.05) is 48.5 Å². The van der Waals surface area contributed by atoms with E-state index >= 15 is 0 Å². The van der Waals surface area contributed by atoms with Crippen molar-refractivity contribution in [2.45, 2.75) is 0 Å². The Kier molecular flexibility index (Phi) is 5.53. The summed E-state index contributed by atoms with van der Waals surface area (Å²) in [5.41, 5.74) is 2.38. The molecule has 0 atom stereocenters. The number of amides is 2. The molecule has 0 saturated carbocycles. The van der Waals surface area contributed by atoms with E-state index in [-0.39, 0.29) is 11.8 Å². The van der Waals surface area contributed by atoms with Crippen LogP contribution in [0.3, 0.4) is 0 Å². The van der Waals surface area contributed by atoms with E-state index in [0.29, 0.717) is 22.6 Å². The number of hydrogen-bond donors (Lipinski definition) is 2. The Morgan fingerprint density at radius 3 is 2.41 bits per heavy atom. The molecule has 29 heavy (non-hydrogen) atoms. The van der Waals surface area contributed by atoms with Crippen LogP contribution >= 0.6 is 22.6 Å². The summed E-state index contributed by atoms with van der Waals surface area (Å²) < 4.78 is 0.860. The number of hydrogen-bond acceptors (Lipinski definition) is 3. The van der Waals surface area contributed by atoms with Gasteiger partial charge in [0.1, 0.15) is 5.82 Å². The normalized spacial score (nSPS) is 10.5. The van der Waals surface area contributed by atoms with Crippen LogP contribution in [-0.2, 0) is 0 Å². The number of carbonyl (C=O) groups excluding carboxylic acids is 2. The van der Waals surface area contributed by atoms with E-state index in [0.717, 1.165) is 14.5 Å². The fourth-order valence-corrected chi connectivity index (χ4v) is 3.54. The Balaban J connectivity index is 1.50. The van der Waals surface area contributed by atoms with Crippen molar-refractivity contribution in [2.75, 3.05) is 10.6 Å². The van der Waals surface area contributed by atoms with Gasteiger partial charge in [0.25, 0.3) is 11.8 Å². The van der Waals surface area contributed by atoms with Crippen LogP contribution in [0.1, 0.15) is 20.7 Å². The van der Waals surface area contributed by atoms with E-state index in [9.17, 15) is 9.59 Å². The minimum Gasteiger partial charge on any atom is -0.322 e. The second-order valence-corrected chi connectivity index (χ2v) is 7.52. The molecular formula is C23H16IN3O2. The zero-order valence-corrected chi connectivity index (χ0v) is 17.4. The first-order valence-corrected chi connectivity index (χ1v) is 10.0. The molecule has 0 bridgehead atoms. The molecule has 4 rings (SSSR count). The first-order valence-electron chi connectivity index (χ1n) is 8.93. The van der Waals surface area contributed by atoms with E-state index in [1.165, 1.54) is 0 Å². The maximum Gasteiger partial charge on any atom is 0.256 e. The molecule has 3 aromatic carbocycles. The third-order valence-electron chi connectivity index (χ3n) is 4.34. The lowest BCUT2D eigenvalue weighted by molar-refractivity contribution is 0.101. The smallest absolute Gasteiger partial charge is 0.256 e. The molecule has 0 radical (unpaired) electrons. The van der Waals surface area contributed by atoms with Crippen LogP contribution in [0.4, 0.5) is 11.5 Å². The number of benzene rings is 3. The number of pyridine rings is 1. The van der Waals surface area contributed by atoms with Gasteiger partial charge in [-0.05, 0) is 71.1 Å². The maximum absolute atomic E-state index is 12.6. The average molecular weight is 493 g/mol. The first kappa shape index (κ1) is 19.1. The number of rotatable bonds is 4. The summed E-state index contributed by atoms with van der Waals surface area (Å²) in [6, 6.07) is 25.5. The van der Waals surface area contributed by atoms with Crippen molar-refractivity contribution in [3.05, 3.63) is 99.6 Å². The van der Waals surface area contributed by atoms with Gasteiger partial charge in [0.2, 0.25) is 0 Å². The molecule has 0 saturated heterocycles. The Hall–Kier alpha value is -3.26. The van der Waals surface area contributed by atoms with Gasteiger partial charge in [-0.25, -0.2) is 4.98 Å². The van der Waals surface area contributed by atoms with Gasteiger partial charge in [0.15, 0.2) is 0 Å². The molecule has 0 unspecified atom stereocenters. The number of nitrogens with one attached hydrogen (secondary N) is 2. The van der Waals surface area contributed by atoms with Crippen LogP contribution in [0.25, 0.3) is 10.9 Å². The van der Waals surface area contributed by atoms with E-state index in [2.05, 4.69) is 38.2 Å². The molecule has 2 amide bonds. The SMILES string of the molecule is O=C(Nc1ccc2ccccc2n1)c1cccc(NC(=O)c2ccccc2I)c1. The molecule has 142 valence electrons. The van der Waals surface area contributed by atoms with Gasteiger partial charge < -0.3 is 10.6 Å². The highest BCUT2D eigenvalue weighted by Gasteiger charge is 2.12. The predicted molar refractivity (Wildman–Crippen MR) is 123 cm³/mol. The van der Waals surface area contributed by atoms with Crippen molar-refractivity contribution in [1.29, 1.82) is 0 Å². The molecular weight excluding hydrogens is 477 g/mol. The van der Waals surface area contributed by atoms with Crippen molar-refractivity contribution in [3.8, 4) is 0 Å². The highest BCUT2D eigenvalue weighted by molar-refractivity contribution is 14.1. The molecule has 0 aliphatic carbocycles. The zero-order valence-electron chi connectivity index (χ0n) is 15.2. The van der Waals surface area contributed by atoms with Gasteiger partial charge in [-0.15, -0.1) is 0 Å². The largest absolute Gasteiger partial charge is 0.322 e. The van der Waals surface area contributed by atoms with Crippen molar-refractivity contribution in [2.24, 2.45) is 0 Å². The fourth-order valence-electron chi connectivity index (χ4n) is 2.91. The lowest BCUT2D eigenvalue weighted by Gasteiger charge is -2.09. The molecule has 1 heterocycles. The number of aromatic nitrogens is 1. The summed E-state index contributed by atoms with van der Waals surface area (Å²) in [6.07, 6.45) is 0. The summed E-state index contributed by atoms with van der Waals surface area (Å²) in [5, 5.41) is 6.66. The maximum atomic E-state index is 12.6. The summed E-state index contributed by atoms with van der Waals surface area (Å²) in [7, 11) is 0. The predicted octanol–water partition coefficient (Wildman–Crippen LogP) is 5.34. The van der Waals surface area contributed by atoms with E-state index in [4.69, 9.17) is 0 Å². The van der Waals surface area contributed by atoms with Gasteiger partial charge >= 0.3 is 0 Å². The minimum absolute atomic E-state index is 0.219. The first-order chi connectivity index (χ1) is 14.1. The summed E-state index contributed by atoms with van der Waals surface area (Å²) in [4.78, 5) is 29.6. The standard InChI is InChI=1S/C23H16IN3O2/c24-19-10-3-2-9-18(19)23(29)25-17-8-5-7-16(14-17)22(28)27-21-13-12-15-6-1-4-11-20(15)26-21/h1-14H,(H,25,29)(H,26,27,28). The highest BCUT2D eigenvalue weighted by atomic mass is 127. The molecule has 2 N–H and O–H groups in total. The van der Waals surface area contributed by atoms with Crippen molar-refractivity contribution in [3.63, 3.8) is 0 Å². The van der Waals surface area contributed by atoms with Gasteiger partial charge in [-0.2, -0.15) is 0 Å². The Morgan fingerprint density at radius 2 is 1.55 bits per heavy atom. The monoisotopic (exact) mass is 493 g/mol. The zero-order chi connectivity index (χ0) is 20.2. The number of nitrogens with zero attached hydrogens (tertiary/aromatic N) is 1. The van der Waals surface area contributed by atoms with Gasteiger partial charge in [0.05, 0.1) is 11.1 Å². The molecule has 0 fully saturated rings. The third kappa shape index (κ3) is 4.43. The summed E-state index contributed by atoms with van der Waals surface area (Å²) >= 11 is 2.12. The van der Waals surface area contributed by atoms with Gasteiger partial charge in [-0.1, -0.05) is 36.4 Å². The molecule has 0 aliphatic rings. The van der Waals surface area contributed by atoms with Crippen LogP contribution in [-0.4, -0.2) is 16.8 Å². The lowest BCUT2D eigenvalue weighted by Crippen LogP contribution is -2.15. The Morgan fingerprint density at radius 1 is 0.759 bits per heavy atom. The molecule has 6 heteroatoms. The number of halogens is 1. The van der Waals surface area contributed by atoms with Crippen molar-refractivity contribution in [1.82, 2.24) is 4.98 Å². The molecule has 1 aromatic heterocycles. The lowest BCUT2D eigenvalue weighted by atomic mass is 10.1. The third-order valence-corrected chi connectivity index (χ3v) is 5.28. The Bertz CT molecular complexity index is 1220. The molecule has 0 aliphatic heterocycles. The Labute approximate surface area is 181 Å². The van der Waals surface area contributed by atoms with Crippen molar-refractivity contribution < 1.29 is 9.59 Å². The number of carbonyl (C=O) groups is 2.